The van der Waals surface area contributed by atoms with E-state index in [0.717, 1.165) is 12.1 Å². The molecule has 11 heteroatoms. The number of rotatable bonds is 7. The molecule has 1 saturated heterocycles. The number of imidazole rings is 1. The van der Waals surface area contributed by atoms with E-state index in [1.165, 1.54) is 26.3 Å². The predicted octanol–water partition coefficient (Wildman–Crippen LogP) is 4.81. The van der Waals surface area contributed by atoms with E-state index >= 15 is 0 Å². The third kappa shape index (κ3) is 4.74. The summed E-state index contributed by atoms with van der Waals surface area (Å²) in [6.45, 7) is 3.46. The average Bonchev–Trinajstić information content (AvgIpc) is 3.27. The highest BCUT2D eigenvalue weighted by atomic mass is 19.3. The molecule has 1 atom stereocenters. The number of halogens is 4. The van der Waals surface area contributed by atoms with Crippen molar-refractivity contribution in [3.05, 3.63) is 58.8 Å². The van der Waals surface area contributed by atoms with Crippen LogP contribution in [0.5, 0.6) is 5.75 Å². The first-order valence-corrected chi connectivity index (χ1v) is 12.1. The van der Waals surface area contributed by atoms with E-state index < -0.39 is 41.5 Å². The van der Waals surface area contributed by atoms with Crippen LogP contribution in [0.25, 0.3) is 5.65 Å². The zero-order valence-corrected chi connectivity index (χ0v) is 20.8. The van der Waals surface area contributed by atoms with E-state index in [9.17, 15) is 32.3 Å². The van der Waals surface area contributed by atoms with Crippen LogP contribution in [0.2, 0.25) is 0 Å². The molecule has 1 aliphatic rings. The van der Waals surface area contributed by atoms with Crippen molar-refractivity contribution in [3.63, 3.8) is 0 Å². The van der Waals surface area contributed by atoms with Crippen LogP contribution >= 0.6 is 0 Å². The lowest BCUT2D eigenvalue weighted by Gasteiger charge is -2.34. The number of benzene rings is 1. The third-order valence-electron chi connectivity index (χ3n) is 6.87. The third-order valence-corrected chi connectivity index (χ3v) is 6.87. The molecule has 1 fully saturated rings. The Balaban J connectivity index is 1.71. The molecule has 1 aliphatic heterocycles. The number of carbonyl (C=O) groups is 2. The summed E-state index contributed by atoms with van der Waals surface area (Å²) in [4.78, 5) is 33.1. The number of nitrogens with zero attached hydrogens (tertiary/aromatic N) is 4. The van der Waals surface area contributed by atoms with Crippen molar-refractivity contribution in [2.75, 3.05) is 31.2 Å². The summed E-state index contributed by atoms with van der Waals surface area (Å²) in [7, 11) is 0. The van der Waals surface area contributed by atoms with Gasteiger partial charge in [0.25, 0.3) is 5.91 Å². The average molecular weight is 521 g/mol. The molecular formula is C26H28F4N4O3. The Hall–Kier alpha value is -3.63. The first-order chi connectivity index (χ1) is 17.5. The molecule has 0 saturated carbocycles. The lowest BCUT2D eigenvalue weighted by atomic mass is 9.97. The molecule has 3 aromatic rings. The normalized spacial score (nSPS) is 15.5. The molecule has 4 rings (SSSR count). The fourth-order valence-corrected chi connectivity index (χ4v) is 4.50. The molecule has 1 aromatic carbocycles. The molecule has 0 radical (unpaired) electrons. The molecule has 0 spiro atoms. The Bertz CT molecular complexity index is 1360. The number of hydrogen-bond acceptors (Lipinski definition) is 4. The van der Waals surface area contributed by atoms with Gasteiger partial charge in [0.15, 0.2) is 23.9 Å². The first kappa shape index (κ1) is 26.4. The van der Waals surface area contributed by atoms with Crippen molar-refractivity contribution in [3.8, 4) is 5.75 Å². The molecule has 2 aromatic heterocycles. The van der Waals surface area contributed by atoms with Gasteiger partial charge in [-0.05, 0) is 42.5 Å². The zero-order chi connectivity index (χ0) is 27.1. The van der Waals surface area contributed by atoms with Gasteiger partial charge in [0.2, 0.25) is 5.91 Å². The van der Waals surface area contributed by atoms with Crippen molar-refractivity contribution in [1.29, 1.82) is 0 Å². The van der Waals surface area contributed by atoms with Crippen molar-refractivity contribution in [2.45, 2.75) is 45.5 Å². The van der Waals surface area contributed by atoms with Crippen LogP contribution in [0, 0.1) is 5.82 Å². The van der Waals surface area contributed by atoms with Crippen molar-refractivity contribution >= 4 is 23.1 Å². The highest BCUT2D eigenvalue weighted by Crippen LogP contribution is 2.35. The Morgan fingerprint density at radius 3 is 2.54 bits per heavy atom. The maximum absolute atomic E-state index is 14.7. The summed E-state index contributed by atoms with van der Waals surface area (Å²) >= 11 is 0. The zero-order valence-electron chi connectivity index (χ0n) is 20.8. The number of aryl methyl sites for hydroxylation is 1. The SMILES string of the molecule is CCc1c(C(=O)N2CCN(c3ccc(O)c(F)c3)C(=O)C2)nc2c(C(F)(F)CF)cc(C(C)CC)cn12. The lowest BCUT2D eigenvalue weighted by molar-refractivity contribution is -0.120. The van der Waals surface area contributed by atoms with Crippen LogP contribution < -0.4 is 4.90 Å². The van der Waals surface area contributed by atoms with Gasteiger partial charge in [-0.1, -0.05) is 20.8 Å². The van der Waals surface area contributed by atoms with Gasteiger partial charge in [-0.2, -0.15) is 8.78 Å². The molecule has 0 bridgehead atoms. The Labute approximate surface area is 211 Å². The van der Waals surface area contributed by atoms with Crippen molar-refractivity contribution in [1.82, 2.24) is 14.3 Å². The molecule has 37 heavy (non-hydrogen) atoms. The maximum atomic E-state index is 14.7. The van der Waals surface area contributed by atoms with Gasteiger partial charge < -0.3 is 19.3 Å². The number of aromatic nitrogens is 2. The van der Waals surface area contributed by atoms with E-state index in [-0.39, 0.29) is 49.0 Å². The predicted molar refractivity (Wildman–Crippen MR) is 129 cm³/mol. The van der Waals surface area contributed by atoms with Gasteiger partial charge >= 0.3 is 5.92 Å². The van der Waals surface area contributed by atoms with Crippen LogP contribution in [0.3, 0.4) is 0 Å². The minimum absolute atomic E-state index is 0.0625. The Morgan fingerprint density at radius 2 is 1.95 bits per heavy atom. The number of phenols is 1. The maximum Gasteiger partial charge on any atom is 0.304 e. The molecule has 198 valence electrons. The minimum Gasteiger partial charge on any atom is -0.505 e. The van der Waals surface area contributed by atoms with Crippen molar-refractivity contribution < 1.29 is 32.3 Å². The number of carbonyl (C=O) groups excluding carboxylic acids is 2. The van der Waals surface area contributed by atoms with Crippen LogP contribution in [-0.4, -0.2) is 57.5 Å². The lowest BCUT2D eigenvalue weighted by Crippen LogP contribution is -2.52. The van der Waals surface area contributed by atoms with Crippen LogP contribution in [-0.2, 0) is 17.1 Å². The van der Waals surface area contributed by atoms with Crippen LogP contribution in [0.15, 0.2) is 30.5 Å². The Morgan fingerprint density at radius 1 is 1.22 bits per heavy atom. The van der Waals surface area contributed by atoms with Gasteiger partial charge in [-0.15, -0.1) is 0 Å². The number of hydrogen-bond donors (Lipinski definition) is 1. The fourth-order valence-electron chi connectivity index (χ4n) is 4.50. The second kappa shape index (κ2) is 10.0. The number of alkyl halides is 3. The fraction of sp³-hybridized carbons (Fsp3) is 0.423. The van der Waals surface area contributed by atoms with Crippen LogP contribution in [0.4, 0.5) is 23.2 Å². The van der Waals surface area contributed by atoms with Gasteiger partial charge in [0, 0.05) is 31.0 Å². The molecule has 3 heterocycles. The monoisotopic (exact) mass is 520 g/mol. The van der Waals surface area contributed by atoms with E-state index in [1.807, 2.05) is 13.8 Å². The summed E-state index contributed by atoms with van der Waals surface area (Å²) in [6, 6.07) is 4.82. The molecular weight excluding hydrogens is 492 g/mol. The number of amides is 2. The highest BCUT2D eigenvalue weighted by Gasteiger charge is 2.38. The number of fused-ring (bicyclic) bond motifs is 1. The smallest absolute Gasteiger partial charge is 0.304 e. The second-order valence-electron chi connectivity index (χ2n) is 9.20. The summed E-state index contributed by atoms with van der Waals surface area (Å²) in [6.07, 6.45) is 2.62. The largest absolute Gasteiger partial charge is 0.505 e. The van der Waals surface area contributed by atoms with Gasteiger partial charge in [0.1, 0.15) is 12.2 Å². The summed E-state index contributed by atoms with van der Waals surface area (Å²) in [5, 5.41) is 9.40. The summed E-state index contributed by atoms with van der Waals surface area (Å²) < 4.78 is 57.9. The molecule has 7 nitrogen and oxygen atoms in total. The van der Waals surface area contributed by atoms with Crippen LogP contribution in [0.1, 0.15) is 60.4 Å². The number of anilines is 1. The van der Waals surface area contributed by atoms with Gasteiger partial charge in [-0.25, -0.2) is 13.8 Å². The molecule has 1 unspecified atom stereocenters. The molecule has 0 aliphatic carbocycles. The molecule has 2 amide bonds. The van der Waals surface area contributed by atoms with Gasteiger partial charge in [-0.3, -0.25) is 9.59 Å². The standard InChI is InChI=1S/C26H28F4N4O3/c1-4-15(3)16-10-18(26(29,30)14-27)24-31-23(20(5-2)34(24)12-16)25(37)32-8-9-33(22(36)13-32)17-6-7-21(35)19(28)11-17/h6-7,10-12,15,35H,4-5,8-9,13-14H2,1-3H3. The quantitative estimate of drug-likeness (QED) is 0.454. The topological polar surface area (TPSA) is 78.2 Å². The molecule has 1 N–H and O–H groups in total. The summed E-state index contributed by atoms with van der Waals surface area (Å²) in [5.41, 5.74) is 0.351. The highest BCUT2D eigenvalue weighted by molar-refractivity contribution is 6.01. The minimum atomic E-state index is -3.79. The van der Waals surface area contributed by atoms with E-state index in [1.54, 1.807) is 13.1 Å². The second-order valence-corrected chi connectivity index (χ2v) is 9.20. The number of pyridine rings is 1. The number of piperazine rings is 1. The Kier molecular flexibility index (Phi) is 7.16. The van der Waals surface area contributed by atoms with E-state index in [0.29, 0.717) is 17.7 Å². The van der Waals surface area contributed by atoms with E-state index in [2.05, 4.69) is 4.98 Å². The summed E-state index contributed by atoms with van der Waals surface area (Å²) in [5.74, 6) is -6.38. The number of phenolic OH excluding ortho intramolecular Hbond substituents is 1. The first-order valence-electron chi connectivity index (χ1n) is 12.1. The van der Waals surface area contributed by atoms with E-state index in [4.69, 9.17) is 0 Å². The van der Waals surface area contributed by atoms with Gasteiger partial charge in [0.05, 0.1) is 11.3 Å². The number of aromatic hydroxyl groups is 1. The van der Waals surface area contributed by atoms with Crippen molar-refractivity contribution in [2.24, 2.45) is 0 Å².